The molecule has 98 valence electrons. The van der Waals surface area contributed by atoms with Gasteiger partial charge in [0.15, 0.2) is 5.16 Å². The van der Waals surface area contributed by atoms with Crippen molar-refractivity contribution in [2.45, 2.75) is 10.9 Å². The van der Waals surface area contributed by atoms with E-state index in [9.17, 15) is 4.79 Å². The molecule has 0 spiro atoms. The summed E-state index contributed by atoms with van der Waals surface area (Å²) in [5, 5.41) is 0.521. The van der Waals surface area contributed by atoms with Crippen LogP contribution in [0.3, 0.4) is 0 Å². The molecule has 2 heterocycles. The molecule has 2 rings (SSSR count). The van der Waals surface area contributed by atoms with Crippen molar-refractivity contribution in [3.05, 3.63) is 38.3 Å². The zero-order chi connectivity index (χ0) is 13.7. The molecule has 0 aliphatic rings. The zero-order valence-electron chi connectivity index (χ0n) is 9.97. The minimum Gasteiger partial charge on any atom is -0.383 e. The van der Waals surface area contributed by atoms with Gasteiger partial charge in [0.25, 0.3) is 5.56 Å². The highest BCUT2D eigenvalue weighted by Crippen LogP contribution is 2.24. The van der Waals surface area contributed by atoms with Crippen LogP contribution in [0.4, 0.5) is 5.82 Å². The van der Waals surface area contributed by atoms with Gasteiger partial charge in [-0.25, -0.2) is 4.98 Å². The molecule has 2 aromatic heterocycles. The first kappa shape index (κ1) is 13.7. The highest BCUT2D eigenvalue weighted by atomic mass is 32.2. The van der Waals surface area contributed by atoms with Crippen LogP contribution in [0, 0.1) is 11.8 Å². The summed E-state index contributed by atoms with van der Waals surface area (Å²) in [6, 6.07) is 5.22. The third kappa shape index (κ3) is 4.13. The van der Waals surface area contributed by atoms with Gasteiger partial charge < -0.3 is 16.5 Å². The van der Waals surface area contributed by atoms with Crippen molar-refractivity contribution in [3.63, 3.8) is 0 Å². The predicted octanol–water partition coefficient (Wildman–Crippen LogP) is 1.02. The van der Waals surface area contributed by atoms with Crippen LogP contribution in [0.5, 0.6) is 0 Å². The molecule has 0 aliphatic carbocycles. The summed E-state index contributed by atoms with van der Waals surface area (Å²) in [6.07, 6.45) is 0. The number of rotatable bonds is 3. The van der Waals surface area contributed by atoms with Gasteiger partial charge in [-0.1, -0.05) is 23.6 Å². The van der Waals surface area contributed by atoms with Crippen LogP contribution in [-0.2, 0) is 5.75 Å². The van der Waals surface area contributed by atoms with Crippen molar-refractivity contribution in [1.82, 2.24) is 9.97 Å². The van der Waals surface area contributed by atoms with Crippen LogP contribution in [0.1, 0.15) is 9.75 Å². The SMILES string of the molecule is NCC#Cc1ccc(CSc2nc(N)cc(=O)[nH]2)s1. The van der Waals surface area contributed by atoms with Crippen molar-refractivity contribution in [2.24, 2.45) is 5.73 Å². The standard InChI is InChI=1S/C12H12N4OS2/c13-5-1-2-8-3-4-9(19-8)7-18-12-15-10(14)6-11(17)16-12/h3-4,6H,5,7,13H2,(H3,14,15,16,17). The molecule has 0 aromatic carbocycles. The van der Waals surface area contributed by atoms with Crippen molar-refractivity contribution in [2.75, 3.05) is 12.3 Å². The number of thiophene rings is 1. The molecule has 5 nitrogen and oxygen atoms in total. The Hall–Kier alpha value is -1.75. The maximum absolute atomic E-state index is 11.2. The van der Waals surface area contributed by atoms with Gasteiger partial charge in [-0.3, -0.25) is 4.79 Å². The maximum atomic E-state index is 11.2. The Morgan fingerprint density at radius 2 is 2.32 bits per heavy atom. The number of anilines is 1. The second kappa shape index (κ2) is 6.43. The fourth-order valence-corrected chi connectivity index (χ4v) is 3.13. The average molecular weight is 292 g/mol. The Morgan fingerprint density at radius 3 is 3.05 bits per heavy atom. The number of H-pyrrole nitrogens is 1. The fourth-order valence-electron chi connectivity index (χ4n) is 1.32. The summed E-state index contributed by atoms with van der Waals surface area (Å²) < 4.78 is 0. The predicted molar refractivity (Wildman–Crippen MR) is 79.1 cm³/mol. The molecule has 0 atom stereocenters. The van der Waals surface area contributed by atoms with Crippen molar-refractivity contribution in [1.29, 1.82) is 0 Å². The van der Waals surface area contributed by atoms with E-state index >= 15 is 0 Å². The number of nitrogens with zero attached hydrogens (tertiary/aromatic N) is 1. The quantitative estimate of drug-likeness (QED) is 0.446. The van der Waals surface area contributed by atoms with Gasteiger partial charge in [0.2, 0.25) is 0 Å². The van der Waals surface area contributed by atoms with E-state index in [4.69, 9.17) is 11.5 Å². The highest BCUT2D eigenvalue weighted by molar-refractivity contribution is 7.98. The molecule has 19 heavy (non-hydrogen) atoms. The first-order valence-electron chi connectivity index (χ1n) is 5.44. The number of aromatic nitrogens is 2. The lowest BCUT2D eigenvalue weighted by molar-refractivity contribution is 0.945. The minimum atomic E-state index is -0.240. The average Bonchev–Trinajstić information content (AvgIpc) is 2.81. The lowest BCUT2D eigenvalue weighted by Crippen LogP contribution is -2.09. The number of nitrogens with two attached hydrogens (primary N) is 2. The summed E-state index contributed by atoms with van der Waals surface area (Å²) in [5.74, 6) is 6.73. The van der Waals surface area contributed by atoms with E-state index in [-0.39, 0.29) is 11.4 Å². The number of thioether (sulfide) groups is 1. The monoisotopic (exact) mass is 292 g/mol. The summed E-state index contributed by atoms with van der Waals surface area (Å²) in [4.78, 5) is 20.0. The first-order chi connectivity index (χ1) is 9.17. The summed E-state index contributed by atoms with van der Waals surface area (Å²) in [7, 11) is 0. The summed E-state index contributed by atoms with van der Waals surface area (Å²) in [5.41, 5.74) is 10.6. The van der Waals surface area contributed by atoms with Crippen molar-refractivity contribution in [3.8, 4) is 11.8 Å². The van der Waals surface area contributed by atoms with Gasteiger partial charge in [-0.05, 0) is 12.1 Å². The van der Waals surface area contributed by atoms with Crippen LogP contribution in [-0.4, -0.2) is 16.5 Å². The molecule has 0 bridgehead atoms. The Kier molecular flexibility index (Phi) is 4.63. The molecule has 0 aliphatic heterocycles. The van der Waals surface area contributed by atoms with E-state index in [0.717, 1.165) is 9.75 Å². The summed E-state index contributed by atoms with van der Waals surface area (Å²) in [6.45, 7) is 0.358. The second-order valence-electron chi connectivity index (χ2n) is 3.54. The van der Waals surface area contributed by atoms with E-state index in [0.29, 0.717) is 17.5 Å². The maximum Gasteiger partial charge on any atom is 0.253 e. The van der Waals surface area contributed by atoms with Gasteiger partial charge in [-0.2, -0.15) is 0 Å². The van der Waals surface area contributed by atoms with Crippen molar-refractivity contribution >= 4 is 28.9 Å². The van der Waals surface area contributed by atoms with Gasteiger partial charge in [0.05, 0.1) is 11.4 Å². The van der Waals surface area contributed by atoms with Gasteiger partial charge >= 0.3 is 0 Å². The highest BCUT2D eigenvalue weighted by Gasteiger charge is 2.03. The van der Waals surface area contributed by atoms with Crippen LogP contribution in [0.15, 0.2) is 28.2 Å². The van der Waals surface area contributed by atoms with Crippen LogP contribution in [0.25, 0.3) is 0 Å². The lowest BCUT2D eigenvalue weighted by atomic mass is 10.4. The zero-order valence-corrected chi connectivity index (χ0v) is 11.6. The number of aromatic amines is 1. The smallest absolute Gasteiger partial charge is 0.253 e. The largest absolute Gasteiger partial charge is 0.383 e. The van der Waals surface area contributed by atoms with Crippen LogP contribution in [0.2, 0.25) is 0 Å². The Labute approximate surface area is 118 Å². The third-order valence-corrected chi connectivity index (χ3v) is 4.17. The third-order valence-electron chi connectivity index (χ3n) is 2.07. The Morgan fingerprint density at radius 1 is 1.47 bits per heavy atom. The van der Waals surface area contributed by atoms with Gasteiger partial charge in [0, 0.05) is 16.7 Å². The van der Waals surface area contributed by atoms with E-state index in [1.54, 1.807) is 11.3 Å². The van der Waals surface area contributed by atoms with Crippen molar-refractivity contribution < 1.29 is 0 Å². The fraction of sp³-hybridized carbons (Fsp3) is 0.167. The molecular formula is C12H12N4OS2. The molecule has 0 unspecified atom stereocenters. The second-order valence-corrected chi connectivity index (χ2v) is 5.67. The lowest BCUT2D eigenvalue weighted by Gasteiger charge is -1.99. The normalized spacial score (nSPS) is 9.95. The topological polar surface area (TPSA) is 97.8 Å². The molecule has 0 radical (unpaired) electrons. The van der Waals surface area contributed by atoms with Gasteiger partial charge in [0.1, 0.15) is 5.82 Å². The summed E-state index contributed by atoms with van der Waals surface area (Å²) >= 11 is 3.03. The molecule has 2 aromatic rings. The van der Waals surface area contributed by atoms with E-state index in [1.165, 1.54) is 17.8 Å². The van der Waals surface area contributed by atoms with E-state index < -0.39 is 0 Å². The van der Waals surface area contributed by atoms with Crippen LogP contribution < -0.4 is 17.0 Å². The molecule has 0 fully saturated rings. The Balaban J connectivity index is 2.02. The molecule has 0 saturated heterocycles. The number of nitrogen functional groups attached to an aromatic ring is 1. The molecular weight excluding hydrogens is 280 g/mol. The molecule has 7 heteroatoms. The molecule has 5 N–H and O–H groups in total. The number of hydrogen-bond acceptors (Lipinski definition) is 6. The molecule has 0 saturated carbocycles. The van der Waals surface area contributed by atoms with E-state index in [1.807, 2.05) is 12.1 Å². The van der Waals surface area contributed by atoms with E-state index in [2.05, 4.69) is 21.8 Å². The Bertz CT molecular complexity index is 681. The number of hydrogen-bond donors (Lipinski definition) is 3. The minimum absolute atomic E-state index is 0.229. The van der Waals surface area contributed by atoms with Crippen LogP contribution >= 0.6 is 23.1 Å². The number of nitrogens with one attached hydrogen (secondary N) is 1. The first-order valence-corrected chi connectivity index (χ1v) is 7.25. The molecule has 0 amide bonds. The van der Waals surface area contributed by atoms with Gasteiger partial charge in [-0.15, -0.1) is 11.3 Å².